The molecule has 0 N–H and O–H groups in total. The smallest absolute Gasteiger partial charge is 0.241 e. The molecule has 2 aromatic rings. The average Bonchev–Trinajstić information content (AvgIpc) is 2.41. The second kappa shape index (κ2) is 5.23. The largest absolute Gasteiger partial charge is 0.497 e. The summed E-state index contributed by atoms with van der Waals surface area (Å²) in [7, 11) is 3.16. The van der Waals surface area contributed by atoms with E-state index in [9.17, 15) is 0 Å². The third kappa shape index (κ3) is 2.38. The first-order valence-electron chi connectivity index (χ1n) is 5.38. The molecule has 2 rings (SSSR count). The zero-order valence-corrected chi connectivity index (χ0v) is 11.2. The summed E-state index contributed by atoms with van der Waals surface area (Å²) in [6.07, 6.45) is 0. The van der Waals surface area contributed by atoms with E-state index >= 15 is 0 Å². The van der Waals surface area contributed by atoms with Crippen molar-refractivity contribution in [1.82, 2.24) is 9.97 Å². The molecule has 1 aromatic carbocycles. The molecule has 18 heavy (non-hydrogen) atoms. The van der Waals surface area contributed by atoms with Crippen LogP contribution >= 0.6 is 11.6 Å². The van der Waals surface area contributed by atoms with E-state index in [1.54, 1.807) is 21.1 Å². The number of hydrogen-bond acceptors (Lipinski definition) is 4. The fourth-order valence-electron chi connectivity index (χ4n) is 1.59. The molecule has 0 radical (unpaired) electrons. The molecule has 4 nitrogen and oxygen atoms in total. The van der Waals surface area contributed by atoms with E-state index in [-0.39, 0.29) is 0 Å². The molecule has 0 saturated carbocycles. The Bertz CT molecular complexity index is 573. The van der Waals surface area contributed by atoms with Crippen LogP contribution in [0.4, 0.5) is 0 Å². The van der Waals surface area contributed by atoms with Crippen LogP contribution < -0.4 is 9.47 Å². The van der Waals surface area contributed by atoms with Crippen LogP contribution in [0.3, 0.4) is 0 Å². The standard InChI is InChI=1S/C13H13ClN2O2/c1-8-12(14)16-13(18-3)11(15-8)9-5-4-6-10(7-9)17-2/h4-7H,1-3H3. The number of aryl methyl sites for hydroxylation is 1. The monoisotopic (exact) mass is 264 g/mol. The van der Waals surface area contributed by atoms with Crippen molar-refractivity contribution in [2.24, 2.45) is 0 Å². The van der Waals surface area contributed by atoms with E-state index in [1.165, 1.54) is 0 Å². The molecule has 0 saturated heterocycles. The Hall–Kier alpha value is -1.81. The molecule has 0 fully saturated rings. The van der Waals surface area contributed by atoms with Gasteiger partial charge in [0, 0.05) is 5.56 Å². The summed E-state index contributed by atoms with van der Waals surface area (Å²) in [5.74, 6) is 1.16. The zero-order chi connectivity index (χ0) is 13.1. The van der Waals surface area contributed by atoms with Crippen LogP contribution in [-0.2, 0) is 0 Å². The Morgan fingerprint density at radius 2 is 1.89 bits per heavy atom. The highest BCUT2D eigenvalue weighted by molar-refractivity contribution is 6.30. The van der Waals surface area contributed by atoms with Gasteiger partial charge in [0.1, 0.15) is 11.4 Å². The predicted octanol–water partition coefficient (Wildman–Crippen LogP) is 3.12. The highest BCUT2D eigenvalue weighted by Crippen LogP contribution is 2.30. The second-order valence-corrected chi connectivity index (χ2v) is 4.05. The van der Waals surface area contributed by atoms with Crippen LogP contribution in [-0.4, -0.2) is 24.2 Å². The van der Waals surface area contributed by atoms with Gasteiger partial charge in [0.15, 0.2) is 5.15 Å². The van der Waals surface area contributed by atoms with Crippen LogP contribution in [0.5, 0.6) is 11.6 Å². The minimum Gasteiger partial charge on any atom is -0.497 e. The van der Waals surface area contributed by atoms with Gasteiger partial charge in [-0.05, 0) is 19.1 Å². The molecule has 5 heteroatoms. The van der Waals surface area contributed by atoms with E-state index in [1.807, 2.05) is 24.3 Å². The molecular formula is C13H13ClN2O2. The summed E-state index contributed by atoms with van der Waals surface area (Å²) in [4.78, 5) is 8.58. The number of methoxy groups -OCH3 is 2. The molecule has 0 atom stereocenters. The van der Waals surface area contributed by atoms with Gasteiger partial charge in [-0.15, -0.1) is 0 Å². The molecule has 0 aliphatic rings. The summed E-state index contributed by atoms with van der Waals surface area (Å²) < 4.78 is 10.4. The maximum absolute atomic E-state index is 5.93. The normalized spacial score (nSPS) is 10.2. The van der Waals surface area contributed by atoms with Crippen molar-refractivity contribution in [3.05, 3.63) is 35.1 Å². The summed E-state index contributed by atoms with van der Waals surface area (Å²) in [6.45, 7) is 1.80. The third-order valence-corrected chi connectivity index (χ3v) is 2.87. The van der Waals surface area contributed by atoms with Crippen molar-refractivity contribution in [3.63, 3.8) is 0 Å². The maximum Gasteiger partial charge on any atom is 0.241 e. The van der Waals surface area contributed by atoms with Crippen LogP contribution in [0.15, 0.2) is 24.3 Å². The topological polar surface area (TPSA) is 44.2 Å². The molecule has 0 amide bonds. The number of hydrogen-bond donors (Lipinski definition) is 0. The van der Waals surface area contributed by atoms with Crippen LogP contribution in [0, 0.1) is 6.92 Å². The number of benzene rings is 1. The lowest BCUT2D eigenvalue weighted by atomic mass is 10.1. The number of aromatic nitrogens is 2. The number of ether oxygens (including phenoxy) is 2. The van der Waals surface area contributed by atoms with Crippen LogP contribution in [0.1, 0.15) is 5.69 Å². The second-order valence-electron chi connectivity index (χ2n) is 3.69. The number of halogens is 1. The third-order valence-electron chi connectivity index (χ3n) is 2.52. The van der Waals surface area contributed by atoms with Gasteiger partial charge in [-0.1, -0.05) is 23.7 Å². The van der Waals surface area contributed by atoms with E-state index in [0.29, 0.717) is 22.4 Å². The summed E-state index contributed by atoms with van der Waals surface area (Å²) >= 11 is 5.93. The molecular weight excluding hydrogens is 252 g/mol. The van der Waals surface area contributed by atoms with E-state index in [0.717, 1.165) is 11.3 Å². The van der Waals surface area contributed by atoms with E-state index in [2.05, 4.69) is 9.97 Å². The Balaban J connectivity index is 2.58. The van der Waals surface area contributed by atoms with Gasteiger partial charge in [0.25, 0.3) is 0 Å². The highest BCUT2D eigenvalue weighted by Gasteiger charge is 2.13. The van der Waals surface area contributed by atoms with Gasteiger partial charge in [-0.2, -0.15) is 4.98 Å². The first-order chi connectivity index (χ1) is 8.65. The van der Waals surface area contributed by atoms with E-state index < -0.39 is 0 Å². The fraction of sp³-hybridized carbons (Fsp3) is 0.231. The summed E-state index contributed by atoms with van der Waals surface area (Å²) in [5, 5.41) is 0.346. The molecule has 0 bridgehead atoms. The van der Waals surface area contributed by atoms with Gasteiger partial charge >= 0.3 is 0 Å². The lowest BCUT2D eigenvalue weighted by Crippen LogP contribution is -1.98. The average molecular weight is 265 g/mol. The lowest BCUT2D eigenvalue weighted by molar-refractivity contribution is 0.397. The van der Waals surface area contributed by atoms with Crippen LogP contribution in [0.2, 0.25) is 5.15 Å². The lowest BCUT2D eigenvalue weighted by Gasteiger charge is -2.09. The molecule has 0 spiro atoms. The highest BCUT2D eigenvalue weighted by atomic mass is 35.5. The van der Waals surface area contributed by atoms with Gasteiger partial charge in [-0.3, -0.25) is 0 Å². The van der Waals surface area contributed by atoms with Gasteiger partial charge in [0.05, 0.1) is 19.9 Å². The first kappa shape index (κ1) is 12.6. The Morgan fingerprint density at radius 3 is 2.56 bits per heavy atom. The van der Waals surface area contributed by atoms with Crippen molar-refractivity contribution in [2.45, 2.75) is 6.92 Å². The Labute approximate surface area is 111 Å². The van der Waals surface area contributed by atoms with Crippen molar-refractivity contribution in [3.8, 4) is 22.9 Å². The minimum atomic E-state index is 0.346. The molecule has 0 aliphatic carbocycles. The Morgan fingerprint density at radius 1 is 1.11 bits per heavy atom. The van der Waals surface area contributed by atoms with Crippen LogP contribution in [0.25, 0.3) is 11.3 Å². The molecule has 1 aromatic heterocycles. The summed E-state index contributed by atoms with van der Waals surface area (Å²) in [5.41, 5.74) is 2.19. The molecule has 0 aliphatic heterocycles. The van der Waals surface area contributed by atoms with Gasteiger partial charge in [0.2, 0.25) is 5.88 Å². The minimum absolute atomic E-state index is 0.346. The molecule has 94 valence electrons. The maximum atomic E-state index is 5.93. The molecule has 0 unspecified atom stereocenters. The Kier molecular flexibility index (Phi) is 3.67. The SMILES string of the molecule is COc1cccc(-c2nc(C)c(Cl)nc2OC)c1. The molecule has 1 heterocycles. The van der Waals surface area contributed by atoms with Crippen molar-refractivity contribution in [2.75, 3.05) is 14.2 Å². The van der Waals surface area contributed by atoms with Gasteiger partial charge in [-0.25, -0.2) is 4.98 Å². The predicted molar refractivity (Wildman–Crippen MR) is 70.3 cm³/mol. The number of rotatable bonds is 3. The first-order valence-corrected chi connectivity index (χ1v) is 5.76. The van der Waals surface area contributed by atoms with Crippen molar-refractivity contribution in [1.29, 1.82) is 0 Å². The number of nitrogens with zero attached hydrogens (tertiary/aromatic N) is 2. The van der Waals surface area contributed by atoms with Gasteiger partial charge < -0.3 is 9.47 Å². The van der Waals surface area contributed by atoms with Crippen molar-refractivity contribution < 1.29 is 9.47 Å². The zero-order valence-electron chi connectivity index (χ0n) is 10.4. The quantitative estimate of drug-likeness (QED) is 0.854. The van der Waals surface area contributed by atoms with Crippen molar-refractivity contribution >= 4 is 11.6 Å². The summed E-state index contributed by atoms with van der Waals surface area (Å²) in [6, 6.07) is 7.55. The fourth-order valence-corrected chi connectivity index (χ4v) is 1.70. The van der Waals surface area contributed by atoms with E-state index in [4.69, 9.17) is 21.1 Å².